The molecular formula is C13H12BrNOS. The molecule has 2 aromatic rings. The summed E-state index contributed by atoms with van der Waals surface area (Å²) in [6.45, 7) is 0. The van der Waals surface area contributed by atoms with E-state index < -0.39 is 5.60 Å². The van der Waals surface area contributed by atoms with E-state index in [0.29, 0.717) is 0 Å². The first-order chi connectivity index (χ1) is 8.11. The summed E-state index contributed by atoms with van der Waals surface area (Å²) in [5.74, 6) is 0. The molecule has 2 nitrogen and oxygen atoms in total. The lowest BCUT2D eigenvalue weighted by Gasteiger charge is -2.24. The van der Waals surface area contributed by atoms with Gasteiger partial charge in [0.15, 0.2) is 0 Å². The second kappa shape index (κ2) is 3.83. The molecule has 0 spiro atoms. The van der Waals surface area contributed by atoms with Crippen LogP contribution in [0.4, 0.5) is 5.69 Å². The van der Waals surface area contributed by atoms with E-state index in [2.05, 4.69) is 15.9 Å². The SMILES string of the molecule is Nc1ccc2c(c1)CCC2(O)c1cscc1Br. The second-order valence-corrected chi connectivity index (χ2v) is 6.01. The fourth-order valence-corrected chi connectivity index (χ4v) is 4.22. The third kappa shape index (κ3) is 1.63. The van der Waals surface area contributed by atoms with Crippen LogP contribution in [0.5, 0.6) is 0 Å². The topological polar surface area (TPSA) is 46.2 Å². The molecule has 0 aliphatic heterocycles. The van der Waals surface area contributed by atoms with Crippen molar-refractivity contribution >= 4 is 33.0 Å². The fraction of sp³-hybridized carbons (Fsp3) is 0.231. The molecular weight excluding hydrogens is 298 g/mol. The maximum absolute atomic E-state index is 10.9. The molecule has 0 amide bonds. The summed E-state index contributed by atoms with van der Waals surface area (Å²) in [5.41, 5.74) is 8.79. The van der Waals surface area contributed by atoms with E-state index in [1.165, 1.54) is 0 Å². The van der Waals surface area contributed by atoms with E-state index in [-0.39, 0.29) is 0 Å². The number of aliphatic hydroxyl groups is 1. The van der Waals surface area contributed by atoms with E-state index in [1.807, 2.05) is 29.0 Å². The average molecular weight is 310 g/mol. The van der Waals surface area contributed by atoms with Crippen LogP contribution in [0.15, 0.2) is 33.4 Å². The zero-order valence-electron chi connectivity index (χ0n) is 9.11. The normalized spacial score (nSPS) is 22.7. The molecule has 3 rings (SSSR count). The van der Waals surface area contributed by atoms with E-state index in [9.17, 15) is 5.11 Å². The number of aryl methyl sites for hydroxylation is 1. The Balaban J connectivity index is 2.17. The lowest BCUT2D eigenvalue weighted by atomic mass is 9.90. The van der Waals surface area contributed by atoms with E-state index in [1.54, 1.807) is 11.3 Å². The van der Waals surface area contributed by atoms with Crippen molar-refractivity contribution in [2.24, 2.45) is 0 Å². The number of anilines is 1. The van der Waals surface area contributed by atoms with Gasteiger partial charge < -0.3 is 10.8 Å². The lowest BCUT2D eigenvalue weighted by molar-refractivity contribution is 0.0827. The molecule has 88 valence electrons. The molecule has 0 bridgehead atoms. The van der Waals surface area contributed by atoms with Crippen molar-refractivity contribution in [2.75, 3.05) is 5.73 Å². The molecule has 1 unspecified atom stereocenters. The van der Waals surface area contributed by atoms with E-state index in [4.69, 9.17) is 5.73 Å². The van der Waals surface area contributed by atoms with Gasteiger partial charge in [-0.05, 0) is 57.4 Å². The highest BCUT2D eigenvalue weighted by Gasteiger charge is 2.39. The van der Waals surface area contributed by atoms with Crippen molar-refractivity contribution in [1.29, 1.82) is 0 Å². The Bertz CT molecular complexity index is 581. The molecule has 0 saturated carbocycles. The first-order valence-electron chi connectivity index (χ1n) is 5.45. The number of rotatable bonds is 1. The summed E-state index contributed by atoms with van der Waals surface area (Å²) >= 11 is 5.10. The Morgan fingerprint density at radius 2 is 2.12 bits per heavy atom. The summed E-state index contributed by atoms with van der Waals surface area (Å²) in [6.07, 6.45) is 1.60. The van der Waals surface area contributed by atoms with Crippen molar-refractivity contribution in [3.8, 4) is 0 Å². The van der Waals surface area contributed by atoms with Crippen molar-refractivity contribution < 1.29 is 5.11 Å². The molecule has 0 fully saturated rings. The van der Waals surface area contributed by atoms with Gasteiger partial charge >= 0.3 is 0 Å². The zero-order chi connectivity index (χ0) is 12.0. The average Bonchev–Trinajstić information content (AvgIpc) is 2.85. The van der Waals surface area contributed by atoms with Crippen molar-refractivity contribution in [3.63, 3.8) is 0 Å². The maximum Gasteiger partial charge on any atom is 0.117 e. The van der Waals surface area contributed by atoms with Crippen molar-refractivity contribution in [2.45, 2.75) is 18.4 Å². The summed E-state index contributed by atoms with van der Waals surface area (Å²) < 4.78 is 0.981. The molecule has 1 aromatic heterocycles. The van der Waals surface area contributed by atoms with Crippen LogP contribution in [0.25, 0.3) is 0 Å². The Hall–Kier alpha value is -0.840. The van der Waals surface area contributed by atoms with Crippen LogP contribution in [-0.4, -0.2) is 5.11 Å². The minimum Gasteiger partial charge on any atom is -0.399 e. The summed E-state index contributed by atoms with van der Waals surface area (Å²) in [4.78, 5) is 0. The number of hydrogen-bond acceptors (Lipinski definition) is 3. The van der Waals surface area contributed by atoms with Crippen LogP contribution in [0.1, 0.15) is 23.1 Å². The number of thiophene rings is 1. The van der Waals surface area contributed by atoms with Gasteiger partial charge in [0.2, 0.25) is 0 Å². The van der Waals surface area contributed by atoms with Gasteiger partial charge in [0.05, 0.1) is 0 Å². The van der Waals surface area contributed by atoms with Gasteiger partial charge in [-0.1, -0.05) is 6.07 Å². The standard InChI is InChI=1S/C13H12BrNOS/c14-12-7-17-6-11(12)13(16)4-3-8-5-9(15)1-2-10(8)13/h1-2,5-7,16H,3-4,15H2. The van der Waals surface area contributed by atoms with Crippen LogP contribution in [0.3, 0.4) is 0 Å². The smallest absolute Gasteiger partial charge is 0.117 e. The Morgan fingerprint density at radius 1 is 1.29 bits per heavy atom. The zero-order valence-corrected chi connectivity index (χ0v) is 11.5. The minimum atomic E-state index is -0.859. The highest BCUT2D eigenvalue weighted by atomic mass is 79.9. The van der Waals surface area contributed by atoms with Crippen LogP contribution < -0.4 is 5.73 Å². The number of fused-ring (bicyclic) bond motifs is 1. The molecule has 4 heteroatoms. The van der Waals surface area contributed by atoms with Gasteiger partial charge in [-0.15, -0.1) is 0 Å². The molecule has 1 atom stereocenters. The third-order valence-corrected chi connectivity index (χ3v) is 5.09. The van der Waals surface area contributed by atoms with Gasteiger partial charge in [-0.3, -0.25) is 0 Å². The predicted octanol–water partition coefficient (Wildman–Crippen LogP) is 3.27. The predicted molar refractivity (Wildman–Crippen MR) is 74.2 cm³/mol. The monoisotopic (exact) mass is 309 g/mol. The molecule has 0 saturated heterocycles. The Morgan fingerprint density at radius 3 is 2.82 bits per heavy atom. The first-order valence-corrected chi connectivity index (χ1v) is 7.18. The summed E-state index contributed by atoms with van der Waals surface area (Å²) in [5, 5.41) is 14.9. The second-order valence-electron chi connectivity index (χ2n) is 4.41. The molecule has 17 heavy (non-hydrogen) atoms. The Labute approximate surface area is 112 Å². The molecule has 1 heterocycles. The van der Waals surface area contributed by atoms with Crippen molar-refractivity contribution in [3.05, 3.63) is 50.1 Å². The van der Waals surface area contributed by atoms with Gasteiger partial charge in [0, 0.05) is 21.1 Å². The van der Waals surface area contributed by atoms with Crippen molar-refractivity contribution in [1.82, 2.24) is 0 Å². The number of nitrogen functional groups attached to an aromatic ring is 1. The largest absolute Gasteiger partial charge is 0.399 e. The van der Waals surface area contributed by atoms with E-state index >= 15 is 0 Å². The van der Waals surface area contributed by atoms with Crippen LogP contribution in [0.2, 0.25) is 0 Å². The number of halogens is 1. The van der Waals surface area contributed by atoms with E-state index in [0.717, 1.165) is 39.7 Å². The third-order valence-electron chi connectivity index (χ3n) is 3.39. The Kier molecular flexibility index (Phi) is 2.54. The molecule has 1 aliphatic rings. The van der Waals surface area contributed by atoms with Gasteiger partial charge in [0.25, 0.3) is 0 Å². The quantitative estimate of drug-likeness (QED) is 0.794. The highest BCUT2D eigenvalue weighted by molar-refractivity contribution is 9.10. The maximum atomic E-state index is 10.9. The summed E-state index contributed by atoms with van der Waals surface area (Å²) in [6, 6.07) is 5.77. The highest BCUT2D eigenvalue weighted by Crippen LogP contribution is 2.45. The van der Waals surface area contributed by atoms with Crippen LogP contribution in [-0.2, 0) is 12.0 Å². The number of nitrogens with two attached hydrogens (primary N) is 1. The van der Waals surface area contributed by atoms with Crippen LogP contribution in [0, 0.1) is 0 Å². The van der Waals surface area contributed by atoms with Crippen LogP contribution >= 0.6 is 27.3 Å². The number of hydrogen-bond donors (Lipinski definition) is 2. The first kappa shape index (κ1) is 11.3. The lowest BCUT2D eigenvalue weighted by Crippen LogP contribution is -2.23. The molecule has 3 N–H and O–H groups in total. The number of benzene rings is 1. The minimum absolute atomic E-state index is 0.723. The van der Waals surface area contributed by atoms with Gasteiger partial charge in [0.1, 0.15) is 5.60 Å². The molecule has 1 aliphatic carbocycles. The van der Waals surface area contributed by atoms with Gasteiger partial charge in [-0.2, -0.15) is 11.3 Å². The fourth-order valence-electron chi connectivity index (χ4n) is 2.53. The molecule has 0 radical (unpaired) electrons. The van der Waals surface area contributed by atoms with Gasteiger partial charge in [-0.25, -0.2) is 0 Å². The molecule has 1 aromatic carbocycles. The summed E-state index contributed by atoms with van der Waals surface area (Å²) in [7, 11) is 0.